The molecule has 228 valence electrons. The zero-order chi connectivity index (χ0) is 30.6. The summed E-state index contributed by atoms with van der Waals surface area (Å²) in [4.78, 5) is 39.7. The van der Waals surface area contributed by atoms with Crippen LogP contribution in [0.3, 0.4) is 0 Å². The predicted molar refractivity (Wildman–Crippen MR) is 177 cm³/mol. The van der Waals surface area contributed by atoms with Gasteiger partial charge in [-0.15, -0.1) is 0 Å². The van der Waals surface area contributed by atoms with E-state index in [1.807, 2.05) is 17.0 Å². The van der Waals surface area contributed by atoms with Crippen LogP contribution in [0.1, 0.15) is 53.0 Å². The fourth-order valence-electron chi connectivity index (χ4n) is 8.66. The van der Waals surface area contributed by atoms with Gasteiger partial charge in [-0.25, -0.2) is 0 Å². The second-order valence-electron chi connectivity index (χ2n) is 13.6. The molecule has 0 aromatic heterocycles. The Morgan fingerprint density at radius 2 is 1.50 bits per heavy atom. The van der Waals surface area contributed by atoms with Crippen molar-refractivity contribution in [3.8, 4) is 0 Å². The number of hydrogen-bond donors (Lipinski definition) is 0. The fourth-order valence-corrected chi connectivity index (χ4v) is 8.66. The summed E-state index contributed by atoms with van der Waals surface area (Å²) < 4.78 is 0. The molecule has 2 spiro atoms. The molecular weight excluding hydrogens is 544 g/mol. The number of hydrogen-bond acceptors (Lipinski definition) is 5. The minimum atomic E-state index is -1.07. The van der Waals surface area contributed by atoms with Crippen molar-refractivity contribution in [1.82, 2.24) is 14.7 Å². The third kappa shape index (κ3) is 4.33. The van der Waals surface area contributed by atoms with Crippen LogP contribution in [0.25, 0.3) is 6.08 Å². The maximum absolute atomic E-state index is 15.4. The molecule has 1 saturated carbocycles. The number of aryl methyl sites for hydroxylation is 2. The van der Waals surface area contributed by atoms with Gasteiger partial charge < -0.3 is 4.90 Å². The summed E-state index contributed by atoms with van der Waals surface area (Å²) in [6.07, 6.45) is 4.38. The Bertz CT molecular complexity index is 1600. The lowest BCUT2D eigenvalue weighted by Gasteiger charge is -2.49. The smallest absolute Gasteiger partial charge is 0.254 e. The molecule has 1 amide bonds. The molecule has 7 rings (SSSR count). The topological polar surface area (TPSA) is 47.1 Å². The van der Waals surface area contributed by atoms with Crippen molar-refractivity contribution in [2.75, 3.05) is 58.4 Å². The van der Waals surface area contributed by atoms with E-state index in [1.54, 1.807) is 0 Å². The van der Waals surface area contributed by atoms with Crippen molar-refractivity contribution in [2.24, 2.45) is 5.41 Å². The number of likely N-dealkylation sites (N-methyl/N-ethyl adjacent to an activating group) is 2. The van der Waals surface area contributed by atoms with Crippen LogP contribution in [0.2, 0.25) is 0 Å². The number of Topliss-reactive ketones (excluding diaryl/α,β-unsaturated/α-hetero) is 1. The zero-order valence-electron chi connectivity index (χ0n) is 26.6. The molecule has 0 unspecified atom stereocenters. The number of carbonyl (C=O) groups is 2. The van der Waals surface area contributed by atoms with Crippen molar-refractivity contribution in [2.45, 2.75) is 44.6 Å². The molecule has 3 atom stereocenters. The van der Waals surface area contributed by atoms with Gasteiger partial charge in [-0.1, -0.05) is 77.9 Å². The number of amides is 1. The molecule has 6 heteroatoms. The number of ketones is 1. The first-order valence-electron chi connectivity index (χ1n) is 16.2. The van der Waals surface area contributed by atoms with Gasteiger partial charge in [-0.3, -0.25) is 24.3 Å². The van der Waals surface area contributed by atoms with Crippen molar-refractivity contribution >= 4 is 23.5 Å². The minimum absolute atomic E-state index is 0.0553. The Hall–Kier alpha value is -3.58. The first-order chi connectivity index (χ1) is 21.3. The Labute approximate surface area is 261 Å². The molecule has 4 aliphatic rings. The number of rotatable bonds is 4. The molecule has 2 saturated heterocycles. The Morgan fingerprint density at radius 1 is 0.841 bits per heavy atom. The predicted octanol–water partition coefficient (Wildman–Crippen LogP) is 5.60. The number of carbonyl (C=O) groups excluding carboxylic acids is 2. The number of fused-ring (bicyclic) bond motifs is 3. The SMILES string of the molecule is Cc1ccc(/C=C2\CCC[C@]3(C2=O)[C@H](c2ccc(C)cc2)CN(C)[C@]32C(=O)N(CN3CCN(C)CC3)c3ccccc32)cc1. The maximum Gasteiger partial charge on any atom is 0.254 e. The third-order valence-corrected chi connectivity index (χ3v) is 11.0. The number of nitrogens with zero attached hydrogens (tertiary/aromatic N) is 4. The van der Waals surface area contributed by atoms with Crippen LogP contribution in [0.4, 0.5) is 5.69 Å². The summed E-state index contributed by atoms with van der Waals surface area (Å²) in [7, 11) is 4.23. The molecule has 0 radical (unpaired) electrons. The van der Waals surface area contributed by atoms with Gasteiger partial charge in [0, 0.05) is 44.2 Å². The number of para-hydroxylation sites is 1. The van der Waals surface area contributed by atoms with E-state index in [4.69, 9.17) is 0 Å². The van der Waals surface area contributed by atoms with Crippen molar-refractivity contribution in [3.05, 3.63) is 106 Å². The largest absolute Gasteiger partial charge is 0.304 e. The molecule has 6 nitrogen and oxygen atoms in total. The van der Waals surface area contributed by atoms with E-state index in [2.05, 4.69) is 109 Å². The summed E-state index contributed by atoms with van der Waals surface area (Å²) in [5, 5.41) is 0. The van der Waals surface area contributed by atoms with Gasteiger partial charge in [0.15, 0.2) is 5.78 Å². The highest BCUT2D eigenvalue weighted by Crippen LogP contribution is 2.67. The fraction of sp³-hybridized carbons (Fsp3) is 0.421. The number of allylic oxidation sites excluding steroid dienone is 1. The lowest BCUT2D eigenvalue weighted by Crippen LogP contribution is -2.62. The van der Waals surface area contributed by atoms with Gasteiger partial charge in [0.25, 0.3) is 5.91 Å². The van der Waals surface area contributed by atoms with Crippen molar-refractivity contribution < 1.29 is 9.59 Å². The van der Waals surface area contributed by atoms with Gasteiger partial charge in [-0.05, 0) is 76.0 Å². The minimum Gasteiger partial charge on any atom is -0.304 e. The van der Waals surface area contributed by atoms with Crippen LogP contribution in [0.5, 0.6) is 0 Å². The second kappa shape index (κ2) is 11.1. The average Bonchev–Trinajstić information content (AvgIpc) is 3.43. The summed E-state index contributed by atoms with van der Waals surface area (Å²) in [6.45, 7) is 9.19. The third-order valence-electron chi connectivity index (χ3n) is 11.0. The Kier molecular flexibility index (Phi) is 7.35. The van der Waals surface area contributed by atoms with Gasteiger partial charge in [0.2, 0.25) is 0 Å². The normalized spacial score (nSPS) is 29.0. The van der Waals surface area contributed by atoms with Gasteiger partial charge in [-0.2, -0.15) is 0 Å². The number of likely N-dealkylation sites (tertiary alicyclic amines) is 1. The lowest BCUT2D eigenvalue weighted by molar-refractivity contribution is -0.146. The highest BCUT2D eigenvalue weighted by Gasteiger charge is 2.75. The monoisotopic (exact) mass is 588 g/mol. The molecule has 0 bridgehead atoms. The van der Waals surface area contributed by atoms with Gasteiger partial charge >= 0.3 is 0 Å². The van der Waals surface area contributed by atoms with Crippen LogP contribution in [0.15, 0.2) is 78.4 Å². The molecule has 0 N–H and O–H groups in total. The van der Waals surface area contributed by atoms with E-state index in [9.17, 15) is 0 Å². The number of benzene rings is 3. The van der Waals surface area contributed by atoms with Crippen LogP contribution in [0, 0.1) is 19.3 Å². The molecule has 3 aromatic rings. The number of anilines is 1. The van der Waals surface area contributed by atoms with E-state index in [1.165, 1.54) is 11.1 Å². The molecule has 3 aliphatic heterocycles. The van der Waals surface area contributed by atoms with Crippen molar-refractivity contribution in [1.29, 1.82) is 0 Å². The maximum atomic E-state index is 15.4. The van der Waals surface area contributed by atoms with E-state index in [0.29, 0.717) is 19.6 Å². The number of piperazine rings is 1. The first kappa shape index (κ1) is 29.1. The van der Waals surface area contributed by atoms with Crippen LogP contribution < -0.4 is 4.90 Å². The molecular formula is C38H44N4O2. The molecule has 44 heavy (non-hydrogen) atoms. The molecule has 1 aliphatic carbocycles. The summed E-state index contributed by atoms with van der Waals surface area (Å²) in [5.41, 5.74) is 5.36. The van der Waals surface area contributed by atoms with E-state index in [0.717, 1.165) is 67.0 Å². The Morgan fingerprint density at radius 3 is 2.20 bits per heavy atom. The van der Waals surface area contributed by atoms with Crippen molar-refractivity contribution in [3.63, 3.8) is 0 Å². The summed E-state index contributed by atoms with van der Waals surface area (Å²) in [5.74, 6) is 0.0893. The van der Waals surface area contributed by atoms with Crippen LogP contribution in [-0.4, -0.2) is 79.9 Å². The van der Waals surface area contributed by atoms with Gasteiger partial charge in [0.05, 0.1) is 17.8 Å². The van der Waals surface area contributed by atoms with Gasteiger partial charge in [0.1, 0.15) is 5.54 Å². The standard InChI is InChI=1S/C38H44N4O2/c1-27-11-15-29(16-12-27)24-31-8-7-19-37(35(31)43)33(30-17-13-28(2)14-18-30)25-40(4)38(37)32-9-5-6-10-34(32)42(36(38)44)26-41-22-20-39(3)21-23-41/h5-6,9-18,24,33H,7-8,19-23,25-26H2,1-4H3/b31-24+/t33-,37+,38+/m0/s1. The molecule has 3 aromatic carbocycles. The Balaban J connectivity index is 1.40. The summed E-state index contributed by atoms with van der Waals surface area (Å²) in [6, 6.07) is 25.4. The first-order valence-corrected chi connectivity index (χ1v) is 16.2. The lowest BCUT2D eigenvalue weighted by atomic mass is 9.53. The highest BCUT2D eigenvalue weighted by molar-refractivity contribution is 6.16. The van der Waals surface area contributed by atoms with E-state index < -0.39 is 11.0 Å². The second-order valence-corrected chi connectivity index (χ2v) is 13.6. The quantitative estimate of drug-likeness (QED) is 0.372. The average molecular weight is 589 g/mol. The summed E-state index contributed by atoms with van der Waals surface area (Å²) >= 11 is 0. The molecule has 3 heterocycles. The van der Waals surface area contributed by atoms with Crippen LogP contribution in [-0.2, 0) is 15.1 Å². The van der Waals surface area contributed by atoms with E-state index >= 15 is 9.59 Å². The van der Waals surface area contributed by atoms with E-state index in [-0.39, 0.29) is 17.6 Å². The zero-order valence-corrected chi connectivity index (χ0v) is 26.6. The molecule has 3 fully saturated rings. The van der Waals surface area contributed by atoms with Crippen LogP contribution >= 0.6 is 0 Å². The highest BCUT2D eigenvalue weighted by atomic mass is 16.2.